The lowest BCUT2D eigenvalue weighted by Gasteiger charge is -2.02. The van der Waals surface area contributed by atoms with Gasteiger partial charge in [-0.15, -0.1) is 0 Å². The Hall–Kier alpha value is -0.0100. The zero-order valence-corrected chi connectivity index (χ0v) is 7.93. The van der Waals surface area contributed by atoms with Gasteiger partial charge >= 0.3 is 0 Å². The van der Waals surface area contributed by atoms with Gasteiger partial charge in [0, 0.05) is 26.9 Å². The molecule has 0 heterocycles. The minimum Gasteiger partial charge on any atom is -0.385 e. The maximum atomic E-state index is 10.1. The van der Waals surface area contributed by atoms with E-state index in [0.29, 0.717) is 26.4 Å². The van der Waals surface area contributed by atoms with Gasteiger partial charge in [0.15, 0.2) is 0 Å². The number of methoxy groups -OCH3 is 1. The Balaban J connectivity index is 2.86. The van der Waals surface area contributed by atoms with E-state index in [1.807, 2.05) is 0 Å². The molecule has 0 aliphatic rings. The fourth-order valence-corrected chi connectivity index (χ4v) is 0.866. The lowest BCUT2D eigenvalue weighted by atomic mass is 10.5. The highest BCUT2D eigenvalue weighted by molar-refractivity contribution is 7.77. The van der Waals surface area contributed by atoms with E-state index in [-0.39, 0.29) is 0 Å². The normalized spacial score (nSPS) is 13.2. The highest BCUT2D eigenvalue weighted by atomic mass is 32.2. The molecule has 0 saturated carbocycles. The first-order valence-corrected chi connectivity index (χ1v) is 4.79. The molecule has 0 bridgehead atoms. The summed E-state index contributed by atoms with van der Waals surface area (Å²) < 4.78 is 30.5. The lowest BCUT2D eigenvalue weighted by molar-refractivity contribution is 0.106. The molecular formula is C6H15NO4S. The molecule has 0 saturated heterocycles. The Bertz CT molecular complexity index is 122. The molecule has 0 radical (unpaired) electrons. The third-order valence-corrected chi connectivity index (χ3v) is 1.56. The first kappa shape index (κ1) is 12.0. The predicted molar refractivity (Wildman–Crippen MR) is 46.1 cm³/mol. The van der Waals surface area contributed by atoms with Crippen LogP contribution in [0, 0.1) is 0 Å². The van der Waals surface area contributed by atoms with Crippen LogP contribution in [-0.4, -0.2) is 42.2 Å². The van der Waals surface area contributed by atoms with Crippen LogP contribution in [0.5, 0.6) is 0 Å². The standard InChI is InChI=1S/C6H15NO4S/c1-10-4-2-5-11-6-3-7-12(8)9/h7H,2-6H2,1H3,(H,8,9). The van der Waals surface area contributed by atoms with Crippen molar-refractivity contribution in [1.82, 2.24) is 4.72 Å². The molecule has 12 heavy (non-hydrogen) atoms. The molecule has 0 fully saturated rings. The molecule has 0 aromatic carbocycles. The zero-order chi connectivity index (χ0) is 9.23. The Morgan fingerprint density at radius 2 is 2.17 bits per heavy atom. The maximum absolute atomic E-state index is 10.1. The highest BCUT2D eigenvalue weighted by Gasteiger charge is 1.91. The molecule has 5 nitrogen and oxygen atoms in total. The quantitative estimate of drug-likeness (QED) is 0.416. The number of hydrogen-bond donors (Lipinski definition) is 2. The smallest absolute Gasteiger partial charge is 0.231 e. The number of nitrogens with one attached hydrogen (secondary N) is 1. The van der Waals surface area contributed by atoms with E-state index in [9.17, 15) is 4.21 Å². The van der Waals surface area contributed by atoms with Crippen molar-refractivity contribution >= 4 is 11.3 Å². The molecule has 0 rings (SSSR count). The molecule has 0 aromatic rings. The summed E-state index contributed by atoms with van der Waals surface area (Å²) in [5, 5.41) is 0. The second kappa shape index (κ2) is 9.08. The van der Waals surface area contributed by atoms with E-state index < -0.39 is 11.3 Å². The zero-order valence-electron chi connectivity index (χ0n) is 7.12. The first-order chi connectivity index (χ1) is 5.77. The summed E-state index contributed by atoms with van der Waals surface area (Å²) in [5.41, 5.74) is 0. The van der Waals surface area contributed by atoms with Crippen LogP contribution in [0.25, 0.3) is 0 Å². The summed E-state index contributed by atoms with van der Waals surface area (Å²) in [4.78, 5) is 0. The molecular weight excluding hydrogens is 182 g/mol. The summed E-state index contributed by atoms with van der Waals surface area (Å²) >= 11 is -1.93. The van der Waals surface area contributed by atoms with Crippen LogP contribution in [-0.2, 0) is 20.7 Å². The third kappa shape index (κ3) is 9.99. The van der Waals surface area contributed by atoms with Gasteiger partial charge in [0.05, 0.1) is 6.61 Å². The summed E-state index contributed by atoms with van der Waals surface area (Å²) in [5.74, 6) is 0. The van der Waals surface area contributed by atoms with Crippen LogP contribution in [0.2, 0.25) is 0 Å². The van der Waals surface area contributed by atoms with Crippen LogP contribution in [0.1, 0.15) is 6.42 Å². The average molecular weight is 197 g/mol. The van der Waals surface area contributed by atoms with Crippen LogP contribution >= 0.6 is 0 Å². The van der Waals surface area contributed by atoms with Gasteiger partial charge in [-0.3, -0.25) is 4.55 Å². The maximum Gasteiger partial charge on any atom is 0.231 e. The number of ether oxygens (including phenoxy) is 2. The molecule has 0 spiro atoms. The Morgan fingerprint density at radius 1 is 1.42 bits per heavy atom. The van der Waals surface area contributed by atoms with E-state index in [1.165, 1.54) is 0 Å². The average Bonchev–Trinajstić information content (AvgIpc) is 2.02. The largest absolute Gasteiger partial charge is 0.385 e. The van der Waals surface area contributed by atoms with E-state index >= 15 is 0 Å². The van der Waals surface area contributed by atoms with Gasteiger partial charge < -0.3 is 9.47 Å². The molecule has 1 unspecified atom stereocenters. The molecule has 0 aromatic heterocycles. The SMILES string of the molecule is COCCCOCCNS(=O)O. The fraction of sp³-hybridized carbons (Fsp3) is 1.00. The first-order valence-electron chi connectivity index (χ1n) is 3.68. The number of rotatable bonds is 8. The summed E-state index contributed by atoms with van der Waals surface area (Å²) in [7, 11) is 1.64. The highest BCUT2D eigenvalue weighted by Crippen LogP contribution is 1.82. The summed E-state index contributed by atoms with van der Waals surface area (Å²) in [6.07, 6.45) is 0.846. The van der Waals surface area contributed by atoms with Crippen LogP contribution in [0.4, 0.5) is 0 Å². The van der Waals surface area contributed by atoms with Gasteiger partial charge in [-0.1, -0.05) is 0 Å². The van der Waals surface area contributed by atoms with Crippen molar-refractivity contribution in [3.8, 4) is 0 Å². The monoisotopic (exact) mass is 197 g/mol. The van der Waals surface area contributed by atoms with Gasteiger partial charge in [0.2, 0.25) is 11.3 Å². The van der Waals surface area contributed by atoms with Crippen molar-refractivity contribution in [1.29, 1.82) is 0 Å². The minimum atomic E-state index is -1.93. The van der Waals surface area contributed by atoms with E-state index in [1.54, 1.807) is 7.11 Å². The van der Waals surface area contributed by atoms with Gasteiger partial charge in [-0.05, 0) is 6.42 Å². The minimum absolute atomic E-state index is 0.385. The van der Waals surface area contributed by atoms with Crippen molar-refractivity contribution in [3.05, 3.63) is 0 Å². The van der Waals surface area contributed by atoms with Crippen molar-refractivity contribution in [2.24, 2.45) is 0 Å². The fourth-order valence-electron chi connectivity index (χ4n) is 0.609. The van der Waals surface area contributed by atoms with Crippen molar-refractivity contribution in [2.75, 3.05) is 33.5 Å². The van der Waals surface area contributed by atoms with Crippen molar-refractivity contribution in [2.45, 2.75) is 6.42 Å². The predicted octanol–water partition coefficient (Wildman–Crippen LogP) is -0.234. The van der Waals surface area contributed by atoms with Gasteiger partial charge in [0.25, 0.3) is 0 Å². The molecule has 1 atom stereocenters. The van der Waals surface area contributed by atoms with Crippen molar-refractivity contribution < 1.29 is 18.2 Å². The second-order valence-electron chi connectivity index (χ2n) is 2.10. The molecule has 0 aliphatic carbocycles. The third-order valence-electron chi connectivity index (χ3n) is 1.11. The molecule has 2 N–H and O–H groups in total. The molecule has 0 amide bonds. The van der Waals surface area contributed by atoms with Gasteiger partial charge in [-0.25, -0.2) is 8.93 Å². The lowest BCUT2D eigenvalue weighted by Crippen LogP contribution is -2.21. The van der Waals surface area contributed by atoms with Crippen LogP contribution in [0.3, 0.4) is 0 Å². The van der Waals surface area contributed by atoms with Crippen LogP contribution in [0.15, 0.2) is 0 Å². The van der Waals surface area contributed by atoms with E-state index in [2.05, 4.69) is 4.72 Å². The number of hydrogen-bond acceptors (Lipinski definition) is 3. The van der Waals surface area contributed by atoms with Crippen molar-refractivity contribution in [3.63, 3.8) is 0 Å². The van der Waals surface area contributed by atoms with Gasteiger partial charge in [-0.2, -0.15) is 0 Å². The molecule has 74 valence electrons. The Kier molecular flexibility index (Phi) is 9.07. The molecule has 6 heteroatoms. The topological polar surface area (TPSA) is 67.8 Å². The van der Waals surface area contributed by atoms with E-state index in [0.717, 1.165) is 6.42 Å². The van der Waals surface area contributed by atoms with Crippen LogP contribution < -0.4 is 4.72 Å². The van der Waals surface area contributed by atoms with Gasteiger partial charge in [0.1, 0.15) is 0 Å². The summed E-state index contributed by atoms with van der Waals surface area (Å²) in [6.45, 7) is 2.12. The second-order valence-corrected chi connectivity index (χ2v) is 2.89. The Morgan fingerprint density at radius 3 is 2.75 bits per heavy atom. The molecule has 0 aliphatic heterocycles. The Labute approximate surface area is 74.9 Å². The summed E-state index contributed by atoms with van der Waals surface area (Å²) in [6, 6.07) is 0. The van der Waals surface area contributed by atoms with E-state index in [4.69, 9.17) is 14.0 Å².